The minimum atomic E-state index is 0.730. The van der Waals surface area contributed by atoms with Gasteiger partial charge in [-0.1, -0.05) is 29.8 Å². The van der Waals surface area contributed by atoms with Crippen molar-refractivity contribution in [3.05, 3.63) is 57.2 Å². The van der Waals surface area contributed by atoms with Gasteiger partial charge < -0.3 is 4.90 Å². The first kappa shape index (κ1) is 13.4. The molecule has 0 spiro atoms. The summed E-state index contributed by atoms with van der Waals surface area (Å²) in [6, 6.07) is 9.92. The maximum Gasteiger partial charge on any atom is 0.142 e. The van der Waals surface area contributed by atoms with Crippen molar-refractivity contribution in [2.75, 3.05) is 11.9 Å². The Kier molecular flexibility index (Phi) is 4.25. The Labute approximate surface area is 121 Å². The summed E-state index contributed by atoms with van der Waals surface area (Å²) in [5.41, 5.74) is 2.23. The van der Waals surface area contributed by atoms with Crippen molar-refractivity contribution in [1.29, 1.82) is 0 Å². The molecule has 18 heavy (non-hydrogen) atoms. The molecular weight excluding hydrogens is 312 g/mol. The van der Waals surface area contributed by atoms with Crippen LogP contribution in [0.4, 0.5) is 5.82 Å². The van der Waals surface area contributed by atoms with Crippen LogP contribution in [0.15, 0.2) is 41.0 Å². The summed E-state index contributed by atoms with van der Waals surface area (Å²) >= 11 is 9.70. The van der Waals surface area contributed by atoms with Gasteiger partial charge in [-0.3, -0.25) is 0 Å². The van der Waals surface area contributed by atoms with E-state index in [1.807, 2.05) is 44.4 Å². The van der Waals surface area contributed by atoms with E-state index in [2.05, 4.69) is 31.9 Å². The second-order valence-electron chi connectivity index (χ2n) is 4.27. The number of nitrogens with zero attached hydrogens (tertiary/aromatic N) is 2. The van der Waals surface area contributed by atoms with Gasteiger partial charge >= 0.3 is 0 Å². The van der Waals surface area contributed by atoms with Gasteiger partial charge in [-0.2, -0.15) is 0 Å². The van der Waals surface area contributed by atoms with Gasteiger partial charge in [-0.15, -0.1) is 0 Å². The molecular formula is C14H14BrClN2. The van der Waals surface area contributed by atoms with Crippen LogP contribution >= 0.6 is 27.5 Å². The Balaban J connectivity index is 2.22. The van der Waals surface area contributed by atoms with Crippen molar-refractivity contribution in [3.63, 3.8) is 0 Å². The Morgan fingerprint density at radius 3 is 2.72 bits per heavy atom. The standard InChI is InChI=1S/C14H14BrClN2/c1-10-7-12(15)14(17-8-10)18(2)9-11-5-3-4-6-13(11)16/h3-8H,9H2,1-2H3. The maximum atomic E-state index is 6.16. The average Bonchev–Trinajstić information content (AvgIpc) is 2.32. The van der Waals surface area contributed by atoms with Gasteiger partial charge in [0.2, 0.25) is 0 Å². The fourth-order valence-electron chi connectivity index (χ4n) is 1.76. The fourth-order valence-corrected chi connectivity index (χ4v) is 2.73. The van der Waals surface area contributed by atoms with Crippen molar-refractivity contribution >= 4 is 33.3 Å². The molecule has 4 heteroatoms. The third-order valence-corrected chi connectivity index (χ3v) is 3.64. The molecule has 2 rings (SSSR count). The highest BCUT2D eigenvalue weighted by atomic mass is 79.9. The van der Waals surface area contributed by atoms with Crippen LogP contribution in [-0.4, -0.2) is 12.0 Å². The van der Waals surface area contributed by atoms with Crippen LogP contribution in [0, 0.1) is 6.92 Å². The average molecular weight is 326 g/mol. The van der Waals surface area contributed by atoms with E-state index in [1.165, 1.54) is 0 Å². The van der Waals surface area contributed by atoms with Crippen molar-refractivity contribution in [2.24, 2.45) is 0 Å². The third-order valence-electron chi connectivity index (χ3n) is 2.69. The summed E-state index contributed by atoms with van der Waals surface area (Å²) in [4.78, 5) is 6.51. The number of hydrogen-bond acceptors (Lipinski definition) is 2. The van der Waals surface area contributed by atoms with Crippen LogP contribution in [-0.2, 0) is 6.54 Å². The quantitative estimate of drug-likeness (QED) is 0.829. The van der Waals surface area contributed by atoms with E-state index in [9.17, 15) is 0 Å². The van der Waals surface area contributed by atoms with Gasteiger partial charge in [0.25, 0.3) is 0 Å². The van der Waals surface area contributed by atoms with Crippen molar-refractivity contribution in [2.45, 2.75) is 13.5 Å². The number of aryl methyl sites for hydroxylation is 1. The highest BCUT2D eigenvalue weighted by Crippen LogP contribution is 2.26. The number of aromatic nitrogens is 1. The number of hydrogen-bond donors (Lipinski definition) is 0. The highest BCUT2D eigenvalue weighted by molar-refractivity contribution is 9.10. The Morgan fingerprint density at radius 1 is 1.33 bits per heavy atom. The first-order valence-electron chi connectivity index (χ1n) is 5.64. The topological polar surface area (TPSA) is 16.1 Å². The third kappa shape index (κ3) is 3.03. The molecule has 0 aliphatic rings. The van der Waals surface area contributed by atoms with Crippen LogP contribution in [0.1, 0.15) is 11.1 Å². The van der Waals surface area contributed by atoms with Gasteiger partial charge in [0.05, 0.1) is 4.47 Å². The van der Waals surface area contributed by atoms with Gasteiger partial charge in [-0.05, 0) is 46.1 Å². The van der Waals surface area contributed by atoms with Crippen LogP contribution in [0.3, 0.4) is 0 Å². The summed E-state index contributed by atoms with van der Waals surface area (Å²) in [6.45, 7) is 2.75. The highest BCUT2D eigenvalue weighted by Gasteiger charge is 2.09. The molecule has 1 heterocycles. The first-order valence-corrected chi connectivity index (χ1v) is 6.81. The smallest absolute Gasteiger partial charge is 0.142 e. The number of benzene rings is 1. The molecule has 2 aromatic rings. The van der Waals surface area contributed by atoms with Gasteiger partial charge in [0.1, 0.15) is 5.82 Å². The van der Waals surface area contributed by atoms with Crippen molar-refractivity contribution < 1.29 is 0 Å². The minimum absolute atomic E-state index is 0.730. The molecule has 2 nitrogen and oxygen atoms in total. The van der Waals surface area contributed by atoms with Gasteiger partial charge in [0, 0.05) is 24.8 Å². The summed E-state index contributed by atoms with van der Waals surface area (Å²) in [7, 11) is 2.01. The molecule has 0 unspecified atom stereocenters. The zero-order chi connectivity index (χ0) is 13.1. The van der Waals surface area contributed by atoms with Gasteiger partial charge in [0.15, 0.2) is 0 Å². The normalized spacial score (nSPS) is 10.4. The van der Waals surface area contributed by atoms with Crippen LogP contribution in [0.2, 0.25) is 5.02 Å². The Morgan fingerprint density at radius 2 is 2.06 bits per heavy atom. The molecule has 1 aromatic carbocycles. The van der Waals surface area contributed by atoms with Gasteiger partial charge in [-0.25, -0.2) is 4.98 Å². The molecule has 0 saturated carbocycles. The molecule has 0 atom stereocenters. The zero-order valence-corrected chi connectivity index (χ0v) is 12.7. The number of pyridine rings is 1. The molecule has 0 aliphatic heterocycles. The van der Waals surface area contributed by atoms with Crippen LogP contribution in [0.5, 0.6) is 0 Å². The molecule has 0 fully saturated rings. The van der Waals surface area contributed by atoms with E-state index in [0.717, 1.165) is 33.0 Å². The number of anilines is 1. The summed E-state index contributed by atoms with van der Waals surface area (Å²) in [5.74, 6) is 0.917. The minimum Gasteiger partial charge on any atom is -0.354 e. The van der Waals surface area contributed by atoms with E-state index < -0.39 is 0 Å². The number of rotatable bonds is 3. The zero-order valence-electron chi connectivity index (χ0n) is 10.3. The van der Waals surface area contributed by atoms with E-state index in [-0.39, 0.29) is 0 Å². The van der Waals surface area contributed by atoms with E-state index in [4.69, 9.17) is 11.6 Å². The Bertz CT molecular complexity index is 557. The maximum absolute atomic E-state index is 6.16. The van der Waals surface area contributed by atoms with Crippen molar-refractivity contribution in [3.8, 4) is 0 Å². The number of halogens is 2. The van der Waals surface area contributed by atoms with E-state index in [0.29, 0.717) is 0 Å². The molecule has 0 amide bonds. The lowest BCUT2D eigenvalue weighted by molar-refractivity contribution is 0.892. The molecule has 0 radical (unpaired) electrons. The lowest BCUT2D eigenvalue weighted by Crippen LogP contribution is -2.18. The lowest BCUT2D eigenvalue weighted by Gasteiger charge is -2.20. The largest absolute Gasteiger partial charge is 0.354 e. The summed E-state index contributed by atoms with van der Waals surface area (Å²) in [5, 5.41) is 0.785. The lowest BCUT2D eigenvalue weighted by atomic mass is 10.2. The second-order valence-corrected chi connectivity index (χ2v) is 5.53. The van der Waals surface area contributed by atoms with Crippen LogP contribution < -0.4 is 4.90 Å². The fraction of sp³-hybridized carbons (Fsp3) is 0.214. The molecule has 0 saturated heterocycles. The van der Waals surface area contributed by atoms with E-state index >= 15 is 0 Å². The monoisotopic (exact) mass is 324 g/mol. The molecule has 0 aliphatic carbocycles. The second kappa shape index (κ2) is 5.72. The summed E-state index contributed by atoms with van der Waals surface area (Å²) in [6.07, 6.45) is 1.86. The SMILES string of the molecule is Cc1cnc(N(C)Cc2ccccc2Cl)c(Br)c1. The predicted molar refractivity (Wildman–Crippen MR) is 80.2 cm³/mol. The molecule has 94 valence electrons. The predicted octanol–water partition coefficient (Wildman–Crippen LogP) is 4.44. The van der Waals surface area contributed by atoms with Crippen LogP contribution in [0.25, 0.3) is 0 Å². The van der Waals surface area contributed by atoms with Crippen molar-refractivity contribution in [1.82, 2.24) is 4.98 Å². The Hall–Kier alpha value is -1.06. The molecule has 0 N–H and O–H groups in total. The first-order chi connectivity index (χ1) is 8.58. The molecule has 0 bridgehead atoms. The summed E-state index contributed by atoms with van der Waals surface area (Å²) < 4.78 is 0.997. The molecule has 1 aromatic heterocycles. The van der Waals surface area contributed by atoms with E-state index in [1.54, 1.807) is 0 Å².